The molecule has 0 unspecified atom stereocenters. The highest BCUT2D eigenvalue weighted by molar-refractivity contribution is 5.73. The zero-order valence-corrected chi connectivity index (χ0v) is 13.0. The second-order valence-electron chi connectivity index (χ2n) is 5.85. The largest absolute Gasteiger partial charge is 0.370 e. The maximum atomic E-state index is 10.7. The van der Waals surface area contributed by atoms with Crippen LogP contribution in [0, 0.1) is 11.3 Å². The van der Waals surface area contributed by atoms with Crippen molar-refractivity contribution in [2.24, 2.45) is 5.73 Å². The first-order valence-corrected chi connectivity index (χ1v) is 7.89. The molecule has 2 rings (SSSR count). The third-order valence-electron chi connectivity index (χ3n) is 4.10. The van der Waals surface area contributed by atoms with Crippen molar-refractivity contribution >= 4 is 5.91 Å². The van der Waals surface area contributed by atoms with Crippen LogP contribution in [-0.4, -0.2) is 48.4 Å². The van der Waals surface area contributed by atoms with E-state index < -0.39 is 0 Å². The molecule has 22 heavy (non-hydrogen) atoms. The molecule has 1 aromatic carbocycles. The van der Waals surface area contributed by atoms with Crippen molar-refractivity contribution in [1.29, 1.82) is 5.26 Å². The summed E-state index contributed by atoms with van der Waals surface area (Å²) in [6, 6.07) is 9.98. The summed E-state index contributed by atoms with van der Waals surface area (Å²) in [5, 5.41) is 8.81. The highest BCUT2D eigenvalue weighted by Gasteiger charge is 2.16. The number of carbonyl (C=O) groups is 1. The lowest BCUT2D eigenvalue weighted by molar-refractivity contribution is -0.118. The summed E-state index contributed by atoms with van der Waals surface area (Å²) in [5.41, 5.74) is 7.12. The molecular weight excluding hydrogens is 276 g/mol. The first-order chi connectivity index (χ1) is 10.7. The van der Waals surface area contributed by atoms with Gasteiger partial charge in [-0.2, -0.15) is 5.26 Å². The van der Waals surface area contributed by atoms with Gasteiger partial charge in [0.05, 0.1) is 11.6 Å². The van der Waals surface area contributed by atoms with Crippen LogP contribution >= 0.6 is 0 Å². The summed E-state index contributed by atoms with van der Waals surface area (Å²) in [6.07, 6.45) is 2.43. The molecule has 1 heterocycles. The van der Waals surface area contributed by atoms with E-state index in [4.69, 9.17) is 11.0 Å². The van der Waals surface area contributed by atoms with Gasteiger partial charge in [0.1, 0.15) is 0 Å². The molecule has 0 saturated carbocycles. The van der Waals surface area contributed by atoms with E-state index in [9.17, 15) is 4.79 Å². The number of nitrogens with zero attached hydrogens (tertiary/aromatic N) is 3. The van der Waals surface area contributed by atoms with Crippen molar-refractivity contribution in [1.82, 2.24) is 9.80 Å². The lowest BCUT2D eigenvalue weighted by Gasteiger charge is -2.34. The minimum Gasteiger partial charge on any atom is -0.370 e. The Morgan fingerprint density at radius 3 is 2.32 bits per heavy atom. The van der Waals surface area contributed by atoms with Gasteiger partial charge in [-0.25, -0.2) is 0 Å². The molecule has 5 nitrogen and oxygen atoms in total. The molecule has 5 heteroatoms. The molecule has 1 amide bonds. The number of nitrogens with two attached hydrogens (primary N) is 1. The third kappa shape index (κ3) is 5.47. The molecule has 1 aromatic rings. The Morgan fingerprint density at radius 2 is 1.73 bits per heavy atom. The van der Waals surface area contributed by atoms with E-state index in [1.165, 1.54) is 5.56 Å². The van der Waals surface area contributed by atoms with E-state index in [-0.39, 0.29) is 5.91 Å². The van der Waals surface area contributed by atoms with Gasteiger partial charge in [-0.05, 0) is 37.1 Å². The lowest BCUT2D eigenvalue weighted by Crippen LogP contribution is -2.46. The van der Waals surface area contributed by atoms with Gasteiger partial charge in [0.2, 0.25) is 5.91 Å². The Bertz CT molecular complexity index is 512. The van der Waals surface area contributed by atoms with Gasteiger partial charge in [0.15, 0.2) is 0 Å². The molecule has 0 atom stereocenters. The van der Waals surface area contributed by atoms with Crippen LogP contribution in [0.2, 0.25) is 0 Å². The van der Waals surface area contributed by atoms with Crippen molar-refractivity contribution in [3.8, 4) is 6.07 Å². The molecule has 0 aliphatic carbocycles. The molecule has 1 aliphatic rings. The fourth-order valence-corrected chi connectivity index (χ4v) is 2.75. The van der Waals surface area contributed by atoms with Gasteiger partial charge >= 0.3 is 0 Å². The van der Waals surface area contributed by atoms with Crippen LogP contribution in [0.1, 0.15) is 30.4 Å². The maximum absolute atomic E-state index is 10.7. The van der Waals surface area contributed by atoms with Crippen LogP contribution in [-0.2, 0) is 11.3 Å². The molecule has 1 saturated heterocycles. The van der Waals surface area contributed by atoms with Gasteiger partial charge in [-0.1, -0.05) is 12.1 Å². The highest BCUT2D eigenvalue weighted by atomic mass is 16.1. The van der Waals surface area contributed by atoms with Crippen LogP contribution in [0.4, 0.5) is 0 Å². The van der Waals surface area contributed by atoms with Crippen molar-refractivity contribution in [3.05, 3.63) is 35.4 Å². The number of hydrogen-bond donors (Lipinski definition) is 1. The molecular formula is C17H24N4O. The number of hydrogen-bond acceptors (Lipinski definition) is 4. The Kier molecular flexibility index (Phi) is 6.38. The summed E-state index contributed by atoms with van der Waals surface area (Å²) < 4.78 is 0. The van der Waals surface area contributed by atoms with E-state index in [0.717, 1.165) is 52.1 Å². The predicted octanol–water partition coefficient (Wildman–Crippen LogP) is 1.33. The van der Waals surface area contributed by atoms with Gasteiger partial charge in [-0.3, -0.25) is 9.69 Å². The second kappa shape index (κ2) is 8.52. The van der Waals surface area contributed by atoms with E-state index in [2.05, 4.69) is 15.9 Å². The maximum Gasteiger partial charge on any atom is 0.217 e. The van der Waals surface area contributed by atoms with Gasteiger partial charge in [0.25, 0.3) is 0 Å². The number of piperazine rings is 1. The van der Waals surface area contributed by atoms with Crippen molar-refractivity contribution in [2.45, 2.75) is 25.8 Å². The van der Waals surface area contributed by atoms with Crippen LogP contribution < -0.4 is 5.73 Å². The monoisotopic (exact) mass is 300 g/mol. The molecule has 2 N–H and O–H groups in total. The first-order valence-electron chi connectivity index (χ1n) is 7.89. The van der Waals surface area contributed by atoms with Crippen molar-refractivity contribution in [3.63, 3.8) is 0 Å². The summed E-state index contributed by atoms with van der Waals surface area (Å²) in [7, 11) is 0. The Labute approximate surface area is 132 Å². The fraction of sp³-hybridized carbons (Fsp3) is 0.529. The van der Waals surface area contributed by atoms with Crippen LogP contribution in [0.25, 0.3) is 0 Å². The van der Waals surface area contributed by atoms with E-state index in [1.54, 1.807) is 0 Å². The third-order valence-corrected chi connectivity index (χ3v) is 4.10. The standard InChI is InChI=1S/C17H24N4O/c18-13-15-4-6-16(7-5-15)14-21-11-9-20(10-12-21)8-2-1-3-17(19)22/h4-7H,1-3,8-12,14H2,(H2,19,22). The molecule has 1 fully saturated rings. The van der Waals surface area contributed by atoms with Gasteiger partial charge in [0, 0.05) is 39.1 Å². The van der Waals surface area contributed by atoms with Crippen LogP contribution in [0.5, 0.6) is 0 Å². The average Bonchev–Trinajstić information content (AvgIpc) is 2.54. The fourth-order valence-electron chi connectivity index (χ4n) is 2.75. The Morgan fingerprint density at radius 1 is 1.09 bits per heavy atom. The zero-order chi connectivity index (χ0) is 15.8. The number of primary amides is 1. The normalized spacial score (nSPS) is 16.3. The molecule has 0 spiro atoms. The molecule has 1 aliphatic heterocycles. The smallest absolute Gasteiger partial charge is 0.217 e. The topological polar surface area (TPSA) is 73.4 Å². The average molecular weight is 300 g/mol. The highest BCUT2D eigenvalue weighted by Crippen LogP contribution is 2.10. The Balaban J connectivity index is 1.66. The molecule has 118 valence electrons. The predicted molar refractivity (Wildman–Crippen MR) is 85.9 cm³/mol. The van der Waals surface area contributed by atoms with Crippen LogP contribution in [0.3, 0.4) is 0 Å². The summed E-state index contributed by atoms with van der Waals surface area (Å²) in [4.78, 5) is 15.6. The second-order valence-corrected chi connectivity index (χ2v) is 5.85. The van der Waals surface area contributed by atoms with Crippen molar-refractivity contribution in [2.75, 3.05) is 32.7 Å². The zero-order valence-electron chi connectivity index (χ0n) is 13.0. The molecule has 0 bridgehead atoms. The Hall–Kier alpha value is -1.90. The van der Waals surface area contributed by atoms with Crippen LogP contribution in [0.15, 0.2) is 24.3 Å². The van der Waals surface area contributed by atoms with E-state index in [1.807, 2.05) is 24.3 Å². The van der Waals surface area contributed by atoms with E-state index >= 15 is 0 Å². The number of unbranched alkanes of at least 4 members (excludes halogenated alkanes) is 1. The van der Waals surface area contributed by atoms with Gasteiger partial charge < -0.3 is 10.6 Å². The van der Waals surface area contributed by atoms with E-state index in [0.29, 0.717) is 12.0 Å². The lowest BCUT2D eigenvalue weighted by atomic mass is 10.1. The number of amides is 1. The minimum absolute atomic E-state index is 0.202. The number of rotatable bonds is 7. The van der Waals surface area contributed by atoms with Gasteiger partial charge in [-0.15, -0.1) is 0 Å². The van der Waals surface area contributed by atoms with Crippen molar-refractivity contribution < 1.29 is 4.79 Å². The molecule has 0 aromatic heterocycles. The molecule has 0 radical (unpaired) electrons. The number of carbonyl (C=O) groups excluding carboxylic acids is 1. The first kappa shape index (κ1) is 16.5. The SMILES string of the molecule is N#Cc1ccc(CN2CCN(CCCCC(N)=O)CC2)cc1. The quantitative estimate of drug-likeness (QED) is 0.771. The minimum atomic E-state index is -0.202. The number of nitriles is 1. The number of benzene rings is 1. The summed E-state index contributed by atoms with van der Waals surface area (Å²) >= 11 is 0. The summed E-state index contributed by atoms with van der Waals surface area (Å²) in [5.74, 6) is -0.202. The summed E-state index contributed by atoms with van der Waals surface area (Å²) in [6.45, 7) is 6.28.